The zero-order valence-electron chi connectivity index (χ0n) is 15.0. The standard InChI is InChI=1S/C17H22N4O4S2/c1-12-15(26-17(20-12)21-8-10-25-11-9-21)16(22)19-7-6-13-2-4-14(5-3-13)27(18,23)24/h2-5H,6-11H2,1H3,(H,19,22)(H2,18,23,24). The van der Waals surface area contributed by atoms with Gasteiger partial charge in [0.15, 0.2) is 5.13 Å². The number of thiazole rings is 1. The monoisotopic (exact) mass is 410 g/mol. The molecule has 3 N–H and O–H groups in total. The van der Waals surface area contributed by atoms with Crippen molar-refractivity contribution in [1.29, 1.82) is 0 Å². The van der Waals surface area contributed by atoms with Crippen LogP contribution in [-0.4, -0.2) is 52.2 Å². The molecule has 1 aliphatic heterocycles. The summed E-state index contributed by atoms with van der Waals surface area (Å²) in [6.45, 7) is 5.18. The van der Waals surface area contributed by atoms with Gasteiger partial charge in [-0.05, 0) is 31.0 Å². The van der Waals surface area contributed by atoms with E-state index in [4.69, 9.17) is 9.88 Å². The van der Waals surface area contributed by atoms with Crippen LogP contribution < -0.4 is 15.4 Å². The number of nitrogens with zero attached hydrogens (tertiary/aromatic N) is 2. The number of benzene rings is 1. The van der Waals surface area contributed by atoms with Crippen LogP contribution in [-0.2, 0) is 21.2 Å². The Morgan fingerprint density at radius 1 is 1.30 bits per heavy atom. The van der Waals surface area contributed by atoms with E-state index in [0.29, 0.717) is 31.1 Å². The number of morpholine rings is 1. The lowest BCUT2D eigenvalue weighted by atomic mass is 10.1. The van der Waals surface area contributed by atoms with Crippen LogP contribution in [0.15, 0.2) is 29.2 Å². The Hall–Kier alpha value is -2.01. The summed E-state index contributed by atoms with van der Waals surface area (Å²) in [6.07, 6.45) is 0.588. The van der Waals surface area contributed by atoms with Gasteiger partial charge in [-0.3, -0.25) is 4.79 Å². The molecule has 27 heavy (non-hydrogen) atoms. The molecule has 1 amide bonds. The van der Waals surface area contributed by atoms with Gasteiger partial charge in [-0.2, -0.15) is 0 Å². The molecular weight excluding hydrogens is 388 g/mol. The molecule has 1 aromatic heterocycles. The van der Waals surface area contributed by atoms with Gasteiger partial charge in [0.25, 0.3) is 5.91 Å². The largest absolute Gasteiger partial charge is 0.378 e. The summed E-state index contributed by atoms with van der Waals surface area (Å²) in [6, 6.07) is 6.32. The molecular formula is C17H22N4O4S2. The predicted octanol–water partition coefficient (Wildman–Crippen LogP) is 0.908. The van der Waals surface area contributed by atoms with Crippen LogP contribution in [0.25, 0.3) is 0 Å². The van der Waals surface area contributed by atoms with Gasteiger partial charge in [-0.25, -0.2) is 18.5 Å². The lowest BCUT2D eigenvalue weighted by molar-refractivity contribution is 0.0957. The van der Waals surface area contributed by atoms with Crippen molar-refractivity contribution in [3.8, 4) is 0 Å². The molecule has 0 bridgehead atoms. The van der Waals surface area contributed by atoms with Gasteiger partial charge in [-0.15, -0.1) is 0 Å². The average molecular weight is 411 g/mol. The number of aromatic nitrogens is 1. The van der Waals surface area contributed by atoms with Crippen molar-refractivity contribution in [3.05, 3.63) is 40.4 Å². The molecule has 2 aromatic rings. The first kappa shape index (κ1) is 19.7. The molecule has 1 saturated heterocycles. The van der Waals surface area contributed by atoms with Crippen LogP contribution in [0.3, 0.4) is 0 Å². The summed E-state index contributed by atoms with van der Waals surface area (Å²) in [7, 11) is -3.69. The predicted molar refractivity (Wildman–Crippen MR) is 104 cm³/mol. The highest BCUT2D eigenvalue weighted by Crippen LogP contribution is 2.26. The van der Waals surface area contributed by atoms with E-state index in [9.17, 15) is 13.2 Å². The van der Waals surface area contributed by atoms with Crippen molar-refractivity contribution in [2.75, 3.05) is 37.7 Å². The number of anilines is 1. The number of ether oxygens (including phenoxy) is 1. The van der Waals surface area contributed by atoms with E-state index in [1.807, 2.05) is 6.92 Å². The van der Waals surface area contributed by atoms with Crippen molar-refractivity contribution in [2.24, 2.45) is 5.14 Å². The van der Waals surface area contributed by atoms with Crippen LogP contribution in [0.2, 0.25) is 0 Å². The van der Waals surface area contributed by atoms with Crippen molar-refractivity contribution < 1.29 is 17.9 Å². The molecule has 0 unspecified atom stereocenters. The highest BCUT2D eigenvalue weighted by Gasteiger charge is 2.20. The molecule has 1 aromatic carbocycles. The number of nitrogens with two attached hydrogens (primary N) is 1. The molecule has 0 spiro atoms. The number of hydrogen-bond donors (Lipinski definition) is 2. The van der Waals surface area contributed by atoms with E-state index >= 15 is 0 Å². The highest BCUT2D eigenvalue weighted by atomic mass is 32.2. The molecule has 0 saturated carbocycles. The Bertz CT molecular complexity index is 904. The van der Waals surface area contributed by atoms with Gasteiger partial charge in [0, 0.05) is 19.6 Å². The number of nitrogens with one attached hydrogen (secondary N) is 1. The number of aryl methyl sites for hydroxylation is 1. The Balaban J connectivity index is 1.55. The van der Waals surface area contributed by atoms with Crippen LogP contribution >= 0.6 is 11.3 Å². The number of carbonyl (C=O) groups is 1. The maximum absolute atomic E-state index is 12.5. The third kappa shape index (κ3) is 5.04. The van der Waals surface area contributed by atoms with Crippen molar-refractivity contribution in [1.82, 2.24) is 10.3 Å². The van der Waals surface area contributed by atoms with E-state index in [-0.39, 0.29) is 10.8 Å². The third-order valence-corrected chi connectivity index (χ3v) is 6.37. The number of amides is 1. The fourth-order valence-electron chi connectivity index (χ4n) is 2.73. The fourth-order valence-corrected chi connectivity index (χ4v) is 4.28. The maximum atomic E-state index is 12.5. The Morgan fingerprint density at radius 2 is 1.96 bits per heavy atom. The quantitative estimate of drug-likeness (QED) is 0.731. The summed E-state index contributed by atoms with van der Waals surface area (Å²) in [5.41, 5.74) is 1.63. The normalized spacial score (nSPS) is 15.0. The van der Waals surface area contributed by atoms with Crippen LogP contribution in [0.5, 0.6) is 0 Å². The summed E-state index contributed by atoms with van der Waals surface area (Å²) >= 11 is 1.39. The van der Waals surface area contributed by atoms with Gasteiger partial charge in [-0.1, -0.05) is 23.5 Å². The fraction of sp³-hybridized carbons (Fsp3) is 0.412. The van der Waals surface area contributed by atoms with Crippen molar-refractivity contribution in [3.63, 3.8) is 0 Å². The number of hydrogen-bond acceptors (Lipinski definition) is 7. The molecule has 2 heterocycles. The lowest BCUT2D eigenvalue weighted by Gasteiger charge is -2.25. The second-order valence-electron chi connectivity index (χ2n) is 6.21. The molecule has 1 fully saturated rings. The molecule has 146 valence electrons. The van der Waals surface area contributed by atoms with Gasteiger partial charge in [0.05, 0.1) is 23.8 Å². The van der Waals surface area contributed by atoms with Gasteiger partial charge >= 0.3 is 0 Å². The minimum absolute atomic E-state index is 0.0752. The topological polar surface area (TPSA) is 115 Å². The second kappa shape index (κ2) is 8.34. The molecule has 3 rings (SSSR count). The summed E-state index contributed by atoms with van der Waals surface area (Å²) in [4.78, 5) is 19.8. The second-order valence-corrected chi connectivity index (χ2v) is 8.74. The van der Waals surface area contributed by atoms with Crippen LogP contribution in [0.1, 0.15) is 20.9 Å². The first-order chi connectivity index (χ1) is 12.8. The minimum Gasteiger partial charge on any atom is -0.378 e. The first-order valence-corrected chi connectivity index (χ1v) is 10.9. The smallest absolute Gasteiger partial charge is 0.263 e. The average Bonchev–Trinajstić information content (AvgIpc) is 3.04. The zero-order valence-corrected chi connectivity index (χ0v) is 16.6. The van der Waals surface area contributed by atoms with E-state index in [0.717, 1.165) is 29.5 Å². The molecule has 0 atom stereocenters. The summed E-state index contributed by atoms with van der Waals surface area (Å²) in [5, 5.41) is 8.82. The molecule has 10 heteroatoms. The SMILES string of the molecule is Cc1nc(N2CCOCC2)sc1C(=O)NCCc1ccc(S(N)(=O)=O)cc1. The van der Waals surface area contributed by atoms with Crippen molar-refractivity contribution in [2.45, 2.75) is 18.2 Å². The Kier molecular flexibility index (Phi) is 6.10. The first-order valence-electron chi connectivity index (χ1n) is 8.54. The van der Waals surface area contributed by atoms with E-state index in [1.54, 1.807) is 12.1 Å². The highest BCUT2D eigenvalue weighted by molar-refractivity contribution is 7.89. The number of primary sulfonamides is 1. The van der Waals surface area contributed by atoms with Crippen molar-refractivity contribution >= 4 is 32.4 Å². The van der Waals surface area contributed by atoms with Crippen LogP contribution in [0.4, 0.5) is 5.13 Å². The Morgan fingerprint density at radius 3 is 2.59 bits per heavy atom. The third-order valence-electron chi connectivity index (χ3n) is 4.22. The minimum atomic E-state index is -3.69. The van der Waals surface area contributed by atoms with Gasteiger partial charge in [0.1, 0.15) is 4.88 Å². The number of rotatable bonds is 6. The van der Waals surface area contributed by atoms with E-state index < -0.39 is 10.0 Å². The lowest BCUT2D eigenvalue weighted by Crippen LogP contribution is -2.36. The number of sulfonamides is 1. The van der Waals surface area contributed by atoms with E-state index in [1.165, 1.54) is 23.5 Å². The van der Waals surface area contributed by atoms with Gasteiger partial charge in [0.2, 0.25) is 10.0 Å². The van der Waals surface area contributed by atoms with Crippen LogP contribution in [0, 0.1) is 6.92 Å². The Labute approximate surface area is 162 Å². The maximum Gasteiger partial charge on any atom is 0.263 e. The zero-order chi connectivity index (χ0) is 19.4. The number of carbonyl (C=O) groups excluding carboxylic acids is 1. The molecule has 8 nitrogen and oxygen atoms in total. The molecule has 1 aliphatic rings. The molecule has 0 radical (unpaired) electrons. The molecule has 0 aliphatic carbocycles. The van der Waals surface area contributed by atoms with E-state index in [2.05, 4.69) is 15.2 Å². The van der Waals surface area contributed by atoms with Gasteiger partial charge < -0.3 is 15.0 Å². The summed E-state index contributed by atoms with van der Waals surface area (Å²) in [5.74, 6) is -0.148. The summed E-state index contributed by atoms with van der Waals surface area (Å²) < 4.78 is 27.9.